The van der Waals surface area contributed by atoms with Gasteiger partial charge in [0, 0.05) is 11.6 Å². The van der Waals surface area contributed by atoms with E-state index in [-0.39, 0.29) is 17.2 Å². The lowest BCUT2D eigenvalue weighted by atomic mass is 9.96. The summed E-state index contributed by atoms with van der Waals surface area (Å²) in [4.78, 5) is 0. The predicted octanol–water partition coefficient (Wildman–Crippen LogP) is 3.60. The number of hydrogen-bond acceptors (Lipinski definition) is 3. The van der Waals surface area contributed by atoms with Gasteiger partial charge in [-0.15, -0.1) is 0 Å². The second kappa shape index (κ2) is 5.22. The molecule has 2 aromatic rings. The van der Waals surface area contributed by atoms with E-state index >= 15 is 0 Å². The lowest BCUT2D eigenvalue weighted by Crippen LogP contribution is -1.91. The zero-order valence-corrected chi connectivity index (χ0v) is 11.1. The molecule has 100 valence electrons. The number of phenols is 3. The molecule has 3 heteroatoms. The first kappa shape index (κ1) is 13.3. The van der Waals surface area contributed by atoms with Crippen LogP contribution in [0.25, 0.3) is 11.1 Å². The SMILES string of the molecule is CCc1cc(CC)c(O)c(-c2cc(O)cc(O)c2)c1. The van der Waals surface area contributed by atoms with Gasteiger partial charge in [-0.2, -0.15) is 0 Å². The molecule has 0 fully saturated rings. The molecule has 0 aliphatic rings. The molecule has 0 saturated heterocycles. The highest BCUT2D eigenvalue weighted by Gasteiger charge is 2.12. The van der Waals surface area contributed by atoms with Crippen molar-refractivity contribution < 1.29 is 15.3 Å². The molecule has 3 nitrogen and oxygen atoms in total. The molecule has 0 radical (unpaired) electrons. The molecule has 0 aliphatic heterocycles. The van der Waals surface area contributed by atoms with E-state index < -0.39 is 0 Å². The van der Waals surface area contributed by atoms with Crippen molar-refractivity contribution in [3.8, 4) is 28.4 Å². The van der Waals surface area contributed by atoms with Crippen molar-refractivity contribution >= 4 is 0 Å². The van der Waals surface area contributed by atoms with Gasteiger partial charge >= 0.3 is 0 Å². The van der Waals surface area contributed by atoms with Gasteiger partial charge in [0.25, 0.3) is 0 Å². The average Bonchev–Trinajstić information content (AvgIpc) is 2.37. The maximum atomic E-state index is 10.3. The van der Waals surface area contributed by atoms with Crippen LogP contribution in [-0.4, -0.2) is 15.3 Å². The van der Waals surface area contributed by atoms with Crippen LogP contribution in [0.4, 0.5) is 0 Å². The molecular weight excluding hydrogens is 240 g/mol. The second-order valence-electron chi connectivity index (χ2n) is 4.60. The monoisotopic (exact) mass is 258 g/mol. The Bertz CT molecular complexity index is 583. The van der Waals surface area contributed by atoms with Crippen LogP contribution >= 0.6 is 0 Å². The van der Waals surface area contributed by atoms with E-state index in [1.54, 1.807) is 0 Å². The first-order valence-electron chi connectivity index (χ1n) is 6.43. The second-order valence-corrected chi connectivity index (χ2v) is 4.60. The van der Waals surface area contributed by atoms with E-state index in [2.05, 4.69) is 6.92 Å². The van der Waals surface area contributed by atoms with Crippen LogP contribution in [0, 0.1) is 0 Å². The highest BCUT2D eigenvalue weighted by molar-refractivity contribution is 5.74. The highest BCUT2D eigenvalue weighted by Crippen LogP contribution is 2.37. The van der Waals surface area contributed by atoms with Gasteiger partial charge < -0.3 is 15.3 Å². The van der Waals surface area contributed by atoms with Gasteiger partial charge in [0.05, 0.1) is 0 Å². The lowest BCUT2D eigenvalue weighted by molar-refractivity contribution is 0.450. The molecule has 0 saturated carbocycles. The molecule has 0 spiro atoms. The fraction of sp³-hybridized carbons (Fsp3) is 0.250. The Morgan fingerprint density at radius 3 is 1.95 bits per heavy atom. The highest BCUT2D eigenvalue weighted by atomic mass is 16.3. The van der Waals surface area contributed by atoms with Crippen molar-refractivity contribution in [1.29, 1.82) is 0 Å². The summed E-state index contributed by atoms with van der Waals surface area (Å²) < 4.78 is 0. The lowest BCUT2D eigenvalue weighted by Gasteiger charge is -2.12. The number of hydrogen-bond donors (Lipinski definition) is 3. The van der Waals surface area contributed by atoms with Gasteiger partial charge in [-0.3, -0.25) is 0 Å². The number of benzene rings is 2. The summed E-state index contributed by atoms with van der Waals surface area (Å²) in [5.74, 6) is 0.174. The van der Waals surface area contributed by atoms with Crippen LogP contribution in [0.1, 0.15) is 25.0 Å². The molecule has 0 unspecified atom stereocenters. The topological polar surface area (TPSA) is 60.7 Å². The van der Waals surface area contributed by atoms with Gasteiger partial charge in [0.15, 0.2) is 0 Å². The standard InChI is InChI=1S/C16H18O3/c1-3-10-5-11(4-2)16(19)15(6-10)12-7-13(17)9-14(18)8-12/h5-9,17-19H,3-4H2,1-2H3. The Balaban J connectivity index is 2.66. The van der Waals surface area contributed by atoms with Crippen molar-refractivity contribution in [3.05, 3.63) is 41.5 Å². The summed E-state index contributed by atoms with van der Waals surface area (Å²) in [6.07, 6.45) is 1.60. The van der Waals surface area contributed by atoms with Gasteiger partial charge in [0.2, 0.25) is 0 Å². The zero-order chi connectivity index (χ0) is 14.0. The molecule has 0 bridgehead atoms. The summed E-state index contributed by atoms with van der Waals surface area (Å²) in [5.41, 5.74) is 3.24. The van der Waals surface area contributed by atoms with E-state index in [0.717, 1.165) is 24.0 Å². The van der Waals surface area contributed by atoms with Crippen molar-refractivity contribution in [2.24, 2.45) is 0 Å². The smallest absolute Gasteiger partial charge is 0.126 e. The minimum Gasteiger partial charge on any atom is -0.508 e. The summed E-state index contributed by atoms with van der Waals surface area (Å²) in [6.45, 7) is 4.04. The van der Waals surface area contributed by atoms with Crippen LogP contribution in [0.2, 0.25) is 0 Å². The van der Waals surface area contributed by atoms with Crippen molar-refractivity contribution in [2.45, 2.75) is 26.7 Å². The van der Waals surface area contributed by atoms with Crippen LogP contribution in [0.5, 0.6) is 17.2 Å². The zero-order valence-electron chi connectivity index (χ0n) is 11.1. The molecule has 0 aliphatic carbocycles. The minimum absolute atomic E-state index is 0.0191. The van der Waals surface area contributed by atoms with E-state index in [1.165, 1.54) is 18.2 Å². The van der Waals surface area contributed by atoms with Gasteiger partial charge in [0.1, 0.15) is 17.2 Å². The molecule has 0 atom stereocenters. The molecule has 2 aromatic carbocycles. The van der Waals surface area contributed by atoms with Crippen molar-refractivity contribution in [1.82, 2.24) is 0 Å². The summed E-state index contributed by atoms with van der Waals surface area (Å²) in [7, 11) is 0. The Labute approximate surface area is 112 Å². The molecule has 0 heterocycles. The van der Waals surface area contributed by atoms with E-state index in [0.29, 0.717) is 11.1 Å². The number of aryl methyl sites for hydroxylation is 2. The molecular formula is C16H18O3. The van der Waals surface area contributed by atoms with E-state index in [4.69, 9.17) is 0 Å². The van der Waals surface area contributed by atoms with Gasteiger partial charge in [-0.25, -0.2) is 0 Å². The summed E-state index contributed by atoms with van der Waals surface area (Å²) in [5, 5.41) is 29.4. The summed E-state index contributed by atoms with van der Waals surface area (Å²) in [6, 6.07) is 8.22. The first-order valence-corrected chi connectivity index (χ1v) is 6.43. The third kappa shape index (κ3) is 2.65. The van der Waals surface area contributed by atoms with Crippen molar-refractivity contribution in [3.63, 3.8) is 0 Å². The number of phenolic OH excluding ortho intramolecular Hbond substituents is 3. The fourth-order valence-electron chi connectivity index (χ4n) is 2.20. The normalized spacial score (nSPS) is 10.6. The minimum atomic E-state index is -0.0191. The predicted molar refractivity (Wildman–Crippen MR) is 75.6 cm³/mol. The fourth-order valence-corrected chi connectivity index (χ4v) is 2.20. The first-order chi connectivity index (χ1) is 9.05. The molecule has 3 N–H and O–H groups in total. The van der Waals surface area contributed by atoms with E-state index in [9.17, 15) is 15.3 Å². The van der Waals surface area contributed by atoms with Gasteiger partial charge in [-0.1, -0.05) is 19.9 Å². The van der Waals surface area contributed by atoms with Crippen LogP contribution < -0.4 is 0 Å². The average molecular weight is 258 g/mol. The molecule has 0 aromatic heterocycles. The van der Waals surface area contributed by atoms with Crippen LogP contribution in [-0.2, 0) is 12.8 Å². The number of aromatic hydroxyl groups is 3. The molecule has 0 amide bonds. The van der Waals surface area contributed by atoms with Gasteiger partial charge in [-0.05, 0) is 47.7 Å². The summed E-state index contributed by atoms with van der Waals surface area (Å²) >= 11 is 0. The quantitative estimate of drug-likeness (QED) is 0.788. The molecule has 19 heavy (non-hydrogen) atoms. The maximum absolute atomic E-state index is 10.3. The third-order valence-electron chi connectivity index (χ3n) is 3.25. The Morgan fingerprint density at radius 1 is 0.789 bits per heavy atom. The third-order valence-corrected chi connectivity index (χ3v) is 3.25. The largest absolute Gasteiger partial charge is 0.508 e. The maximum Gasteiger partial charge on any atom is 0.126 e. The molecule has 2 rings (SSSR count). The Morgan fingerprint density at radius 2 is 1.42 bits per heavy atom. The van der Waals surface area contributed by atoms with E-state index in [1.807, 2.05) is 19.1 Å². The Kier molecular flexibility index (Phi) is 3.65. The van der Waals surface area contributed by atoms with Crippen LogP contribution in [0.3, 0.4) is 0 Å². The van der Waals surface area contributed by atoms with Crippen LogP contribution in [0.15, 0.2) is 30.3 Å². The number of rotatable bonds is 3. The van der Waals surface area contributed by atoms with Crippen molar-refractivity contribution in [2.75, 3.05) is 0 Å². The Hall–Kier alpha value is -2.16.